The molecule has 0 saturated carbocycles. The quantitative estimate of drug-likeness (QED) is 0.867. The summed E-state index contributed by atoms with van der Waals surface area (Å²) in [6.45, 7) is 16.9. The summed E-state index contributed by atoms with van der Waals surface area (Å²) in [6, 6.07) is 0.674. The molecule has 2 aliphatic rings. The lowest BCUT2D eigenvalue weighted by Crippen LogP contribution is -2.45. The molecule has 2 saturated heterocycles. The molecule has 0 aliphatic carbocycles. The normalized spacial score (nSPS) is 25.5. The molecule has 2 heterocycles. The van der Waals surface area contributed by atoms with Crippen molar-refractivity contribution in [1.29, 1.82) is 0 Å². The molecule has 0 aromatic heterocycles. The Morgan fingerprint density at radius 1 is 1.27 bits per heavy atom. The summed E-state index contributed by atoms with van der Waals surface area (Å²) in [6.07, 6.45) is 4.68. The molecule has 2 unspecified atom stereocenters. The topological polar surface area (TPSA) is 41.6 Å². The summed E-state index contributed by atoms with van der Waals surface area (Å²) in [5, 5.41) is 2.81. The van der Waals surface area contributed by atoms with Gasteiger partial charge in [-0.2, -0.15) is 0 Å². The molecule has 0 radical (unpaired) electrons. The minimum Gasteiger partial charge on any atom is -0.376 e. The number of nitrogens with one attached hydrogen (secondary N) is 1. The van der Waals surface area contributed by atoms with Crippen molar-refractivity contribution in [2.24, 2.45) is 5.92 Å². The molecule has 2 rings (SSSR count). The Kier molecular flexibility index (Phi) is 12.5. The van der Waals surface area contributed by atoms with Gasteiger partial charge in [-0.15, -0.1) is 0 Å². The zero-order chi connectivity index (χ0) is 17.0. The van der Waals surface area contributed by atoms with Crippen LogP contribution in [0.25, 0.3) is 0 Å². The van der Waals surface area contributed by atoms with E-state index in [0.717, 1.165) is 45.5 Å². The van der Waals surface area contributed by atoms with Crippen LogP contribution in [0.3, 0.4) is 0 Å². The van der Waals surface area contributed by atoms with Gasteiger partial charge in [0.05, 0.1) is 12.7 Å². The summed E-state index contributed by atoms with van der Waals surface area (Å²) in [4.78, 5) is 13.2. The van der Waals surface area contributed by atoms with Crippen LogP contribution in [0.5, 0.6) is 0 Å². The molecule has 4 nitrogen and oxygen atoms in total. The van der Waals surface area contributed by atoms with Crippen molar-refractivity contribution in [3.05, 3.63) is 0 Å². The molecule has 1 N–H and O–H groups in total. The molecule has 0 bridgehead atoms. The molecule has 0 aromatic rings. The van der Waals surface area contributed by atoms with Crippen molar-refractivity contribution in [2.75, 3.05) is 26.2 Å². The SMILES string of the molecule is CC.CCC1CCNC(=O)C1.CCC1CN(C(C)C)CCO1. The van der Waals surface area contributed by atoms with Gasteiger partial charge in [0.2, 0.25) is 5.91 Å². The third kappa shape index (κ3) is 8.74. The fourth-order valence-corrected chi connectivity index (χ4v) is 2.66. The maximum atomic E-state index is 10.7. The maximum absolute atomic E-state index is 10.7. The van der Waals surface area contributed by atoms with E-state index in [1.54, 1.807) is 0 Å². The van der Waals surface area contributed by atoms with E-state index in [-0.39, 0.29) is 5.91 Å². The monoisotopic (exact) mass is 314 g/mol. The van der Waals surface area contributed by atoms with Gasteiger partial charge >= 0.3 is 0 Å². The number of hydrogen-bond donors (Lipinski definition) is 1. The Bertz CT molecular complexity index is 282. The van der Waals surface area contributed by atoms with Gasteiger partial charge in [-0.05, 0) is 32.6 Å². The van der Waals surface area contributed by atoms with Crippen molar-refractivity contribution in [3.63, 3.8) is 0 Å². The number of carbonyl (C=O) groups is 1. The highest BCUT2D eigenvalue weighted by molar-refractivity contribution is 5.76. The minimum absolute atomic E-state index is 0.230. The van der Waals surface area contributed by atoms with Gasteiger partial charge in [0.25, 0.3) is 0 Å². The van der Waals surface area contributed by atoms with Crippen molar-refractivity contribution >= 4 is 5.91 Å². The van der Waals surface area contributed by atoms with Gasteiger partial charge in [-0.1, -0.05) is 34.1 Å². The number of amides is 1. The van der Waals surface area contributed by atoms with Crippen LogP contribution >= 0.6 is 0 Å². The van der Waals surface area contributed by atoms with Crippen molar-refractivity contribution in [2.45, 2.75) is 79.4 Å². The first-order chi connectivity index (χ1) is 10.6. The molecule has 2 aliphatic heterocycles. The number of piperidine rings is 1. The van der Waals surface area contributed by atoms with Crippen LogP contribution in [0.15, 0.2) is 0 Å². The lowest BCUT2D eigenvalue weighted by Gasteiger charge is -2.35. The summed E-state index contributed by atoms with van der Waals surface area (Å²) >= 11 is 0. The first-order valence-corrected chi connectivity index (χ1v) is 9.19. The number of nitrogens with zero attached hydrogens (tertiary/aromatic N) is 1. The molecule has 4 heteroatoms. The van der Waals surface area contributed by atoms with E-state index in [0.29, 0.717) is 18.1 Å². The van der Waals surface area contributed by atoms with Gasteiger partial charge in [0.1, 0.15) is 0 Å². The summed E-state index contributed by atoms with van der Waals surface area (Å²) in [7, 11) is 0. The van der Waals surface area contributed by atoms with Crippen molar-refractivity contribution in [3.8, 4) is 0 Å². The van der Waals surface area contributed by atoms with E-state index in [4.69, 9.17) is 4.74 Å². The minimum atomic E-state index is 0.230. The van der Waals surface area contributed by atoms with E-state index in [2.05, 4.69) is 37.9 Å². The highest BCUT2D eigenvalue weighted by Gasteiger charge is 2.20. The molecule has 132 valence electrons. The molecular weight excluding hydrogens is 276 g/mol. The van der Waals surface area contributed by atoms with Crippen molar-refractivity contribution in [1.82, 2.24) is 10.2 Å². The Labute approximate surface area is 138 Å². The number of rotatable bonds is 3. The van der Waals surface area contributed by atoms with E-state index >= 15 is 0 Å². The van der Waals surface area contributed by atoms with Gasteiger partial charge in [0, 0.05) is 32.1 Å². The largest absolute Gasteiger partial charge is 0.376 e. The standard InChI is InChI=1S/C9H19NO.C7H13NO.C2H6/c1-4-9-7-10(8(2)3)5-6-11-9;1-2-6-3-4-8-7(9)5-6;1-2/h8-9H,4-7H2,1-3H3;6H,2-5H2,1H3,(H,8,9);1-2H3. The smallest absolute Gasteiger partial charge is 0.220 e. The lowest BCUT2D eigenvalue weighted by molar-refractivity contribution is -0.123. The van der Waals surface area contributed by atoms with E-state index in [1.165, 1.54) is 6.42 Å². The highest BCUT2D eigenvalue weighted by Crippen LogP contribution is 2.15. The molecular formula is C18H38N2O2. The van der Waals surface area contributed by atoms with Crippen LogP contribution in [0.4, 0.5) is 0 Å². The average Bonchev–Trinajstić information content (AvgIpc) is 2.57. The zero-order valence-electron chi connectivity index (χ0n) is 15.7. The summed E-state index contributed by atoms with van der Waals surface area (Å²) < 4.78 is 5.57. The van der Waals surface area contributed by atoms with Crippen LogP contribution in [0.2, 0.25) is 0 Å². The fraction of sp³-hybridized carbons (Fsp3) is 0.944. The molecule has 2 atom stereocenters. The van der Waals surface area contributed by atoms with Gasteiger partial charge in [-0.3, -0.25) is 9.69 Å². The number of ether oxygens (including phenoxy) is 1. The van der Waals surface area contributed by atoms with Crippen molar-refractivity contribution < 1.29 is 9.53 Å². The van der Waals surface area contributed by atoms with Crippen LogP contribution in [0.1, 0.15) is 67.2 Å². The van der Waals surface area contributed by atoms with Gasteiger partial charge in [-0.25, -0.2) is 0 Å². The Balaban J connectivity index is 0.000000366. The Hall–Kier alpha value is -0.610. The third-order valence-electron chi connectivity index (χ3n) is 4.28. The first kappa shape index (κ1) is 21.4. The summed E-state index contributed by atoms with van der Waals surface area (Å²) in [5.74, 6) is 0.881. The number of morpholine rings is 1. The molecule has 22 heavy (non-hydrogen) atoms. The van der Waals surface area contributed by atoms with Crippen LogP contribution in [-0.4, -0.2) is 49.2 Å². The Morgan fingerprint density at radius 3 is 2.41 bits per heavy atom. The van der Waals surface area contributed by atoms with E-state index in [9.17, 15) is 4.79 Å². The number of carbonyl (C=O) groups excluding carboxylic acids is 1. The van der Waals surface area contributed by atoms with Crippen LogP contribution in [-0.2, 0) is 9.53 Å². The second-order valence-electron chi connectivity index (χ2n) is 6.11. The first-order valence-electron chi connectivity index (χ1n) is 9.19. The van der Waals surface area contributed by atoms with E-state index < -0.39 is 0 Å². The zero-order valence-corrected chi connectivity index (χ0v) is 15.7. The van der Waals surface area contributed by atoms with Gasteiger partial charge in [0.15, 0.2) is 0 Å². The van der Waals surface area contributed by atoms with Gasteiger partial charge < -0.3 is 10.1 Å². The van der Waals surface area contributed by atoms with Crippen LogP contribution in [0, 0.1) is 5.92 Å². The lowest BCUT2D eigenvalue weighted by atomic mass is 9.95. The molecule has 2 fully saturated rings. The molecule has 0 aromatic carbocycles. The third-order valence-corrected chi connectivity index (χ3v) is 4.28. The summed E-state index contributed by atoms with van der Waals surface area (Å²) in [5.41, 5.74) is 0. The number of hydrogen-bond acceptors (Lipinski definition) is 3. The highest BCUT2D eigenvalue weighted by atomic mass is 16.5. The predicted octanol–water partition coefficient (Wildman–Crippen LogP) is 3.45. The van der Waals surface area contributed by atoms with Crippen LogP contribution < -0.4 is 5.32 Å². The second kappa shape index (κ2) is 12.9. The fourth-order valence-electron chi connectivity index (χ4n) is 2.66. The maximum Gasteiger partial charge on any atom is 0.220 e. The average molecular weight is 315 g/mol. The predicted molar refractivity (Wildman–Crippen MR) is 94.1 cm³/mol. The second-order valence-corrected chi connectivity index (χ2v) is 6.11. The molecule has 0 spiro atoms. The molecule has 1 amide bonds. The Morgan fingerprint density at radius 2 is 1.95 bits per heavy atom. The van der Waals surface area contributed by atoms with E-state index in [1.807, 2.05) is 13.8 Å².